The lowest BCUT2D eigenvalue weighted by Crippen LogP contribution is -2.32. The number of nitrogens with one attached hydrogen (secondary N) is 1. The van der Waals surface area contributed by atoms with Crippen LogP contribution in [0.1, 0.15) is 25.0 Å². The highest BCUT2D eigenvalue weighted by atomic mass is 16.5. The molecule has 1 amide bonds. The quantitative estimate of drug-likeness (QED) is 0.865. The molecule has 1 aromatic carbocycles. The molecular formula is C16H24N2O3. The summed E-state index contributed by atoms with van der Waals surface area (Å²) < 4.78 is 11.5. The zero-order valence-electron chi connectivity index (χ0n) is 13.2. The highest BCUT2D eigenvalue weighted by Crippen LogP contribution is 2.35. The minimum absolute atomic E-state index is 0.0546. The molecule has 0 fully saturated rings. The summed E-state index contributed by atoms with van der Waals surface area (Å²) in [7, 11) is 3.50. The first-order valence-electron chi connectivity index (χ1n) is 7.37. The van der Waals surface area contributed by atoms with Crippen LogP contribution in [-0.4, -0.2) is 44.2 Å². The molecule has 0 saturated carbocycles. The molecular weight excluding hydrogens is 268 g/mol. The lowest BCUT2D eigenvalue weighted by atomic mass is 10.1. The molecule has 1 atom stereocenters. The zero-order chi connectivity index (χ0) is 15.4. The molecule has 0 aliphatic carbocycles. The number of carbonyl (C=O) groups excluding carboxylic acids is 1. The molecule has 0 saturated heterocycles. The minimum atomic E-state index is 0.0546. The van der Waals surface area contributed by atoms with E-state index in [1.807, 2.05) is 13.0 Å². The Hall–Kier alpha value is -1.75. The van der Waals surface area contributed by atoms with Crippen molar-refractivity contribution in [1.29, 1.82) is 0 Å². The average molecular weight is 292 g/mol. The van der Waals surface area contributed by atoms with Gasteiger partial charge in [-0.2, -0.15) is 0 Å². The van der Waals surface area contributed by atoms with E-state index >= 15 is 0 Å². The lowest BCUT2D eigenvalue weighted by molar-refractivity contribution is -0.127. The summed E-state index contributed by atoms with van der Waals surface area (Å²) in [6, 6.07) is 4.09. The fourth-order valence-corrected chi connectivity index (χ4v) is 2.37. The number of amides is 1. The second kappa shape index (κ2) is 6.80. The third-order valence-electron chi connectivity index (χ3n) is 3.47. The molecule has 0 spiro atoms. The first-order chi connectivity index (χ1) is 10.0. The van der Waals surface area contributed by atoms with Gasteiger partial charge in [-0.25, -0.2) is 0 Å². The second-order valence-electron chi connectivity index (χ2n) is 5.52. The molecule has 1 aliphatic heterocycles. The Morgan fingerprint density at radius 2 is 2.24 bits per heavy atom. The summed E-state index contributed by atoms with van der Waals surface area (Å²) in [6.45, 7) is 5.55. The molecule has 1 N–H and O–H groups in total. The van der Waals surface area contributed by atoms with Gasteiger partial charge in [-0.05, 0) is 26.0 Å². The Morgan fingerprint density at radius 1 is 1.48 bits per heavy atom. The van der Waals surface area contributed by atoms with E-state index in [1.165, 1.54) is 5.56 Å². The number of rotatable bonds is 6. The van der Waals surface area contributed by atoms with Gasteiger partial charge in [-0.1, -0.05) is 0 Å². The first-order valence-corrected chi connectivity index (χ1v) is 7.37. The molecule has 5 heteroatoms. The van der Waals surface area contributed by atoms with Gasteiger partial charge in [-0.3, -0.25) is 4.79 Å². The summed E-state index contributed by atoms with van der Waals surface area (Å²) >= 11 is 0. The van der Waals surface area contributed by atoms with Crippen LogP contribution >= 0.6 is 0 Å². The van der Waals surface area contributed by atoms with Crippen LogP contribution in [0.15, 0.2) is 12.1 Å². The number of hydrogen-bond donors (Lipinski definition) is 1. The maximum atomic E-state index is 11.6. The number of ether oxygens (including phenoxy) is 2. The maximum absolute atomic E-state index is 11.6. The van der Waals surface area contributed by atoms with Gasteiger partial charge in [-0.15, -0.1) is 0 Å². The third kappa shape index (κ3) is 3.88. The fourth-order valence-electron chi connectivity index (χ4n) is 2.37. The van der Waals surface area contributed by atoms with Gasteiger partial charge in [0.05, 0.1) is 13.2 Å². The Kier molecular flexibility index (Phi) is 5.07. The van der Waals surface area contributed by atoms with Crippen molar-refractivity contribution in [2.24, 2.45) is 0 Å². The molecule has 2 rings (SSSR count). The number of nitrogens with zero attached hydrogens (tertiary/aromatic N) is 1. The van der Waals surface area contributed by atoms with Crippen LogP contribution in [0.3, 0.4) is 0 Å². The van der Waals surface area contributed by atoms with Crippen LogP contribution in [-0.2, 0) is 17.8 Å². The summed E-state index contributed by atoms with van der Waals surface area (Å²) in [4.78, 5) is 13.2. The third-order valence-corrected chi connectivity index (χ3v) is 3.47. The van der Waals surface area contributed by atoms with E-state index in [4.69, 9.17) is 9.47 Å². The topological polar surface area (TPSA) is 50.8 Å². The molecule has 1 heterocycles. The smallest absolute Gasteiger partial charge is 0.236 e. The van der Waals surface area contributed by atoms with Crippen LogP contribution in [0.25, 0.3) is 0 Å². The Labute approximate surface area is 126 Å². The van der Waals surface area contributed by atoms with Crippen molar-refractivity contribution in [2.75, 3.05) is 27.2 Å². The van der Waals surface area contributed by atoms with Gasteiger partial charge in [0.25, 0.3) is 0 Å². The van der Waals surface area contributed by atoms with Crippen LogP contribution in [0.5, 0.6) is 11.5 Å². The van der Waals surface area contributed by atoms with Gasteiger partial charge in [0.2, 0.25) is 5.91 Å². The van der Waals surface area contributed by atoms with E-state index < -0.39 is 0 Å². The zero-order valence-corrected chi connectivity index (χ0v) is 13.2. The van der Waals surface area contributed by atoms with E-state index in [9.17, 15) is 4.79 Å². The fraction of sp³-hybridized carbons (Fsp3) is 0.562. The highest BCUT2D eigenvalue weighted by Gasteiger charge is 2.21. The van der Waals surface area contributed by atoms with Crippen LogP contribution < -0.4 is 14.8 Å². The van der Waals surface area contributed by atoms with Crippen molar-refractivity contribution >= 4 is 5.91 Å². The van der Waals surface area contributed by atoms with Crippen LogP contribution in [0, 0.1) is 0 Å². The normalized spacial score (nSPS) is 16.3. The van der Waals surface area contributed by atoms with Crippen LogP contribution in [0.2, 0.25) is 0 Å². The summed E-state index contributed by atoms with van der Waals surface area (Å²) in [6.07, 6.45) is 1.13. The Balaban J connectivity index is 2.07. The maximum Gasteiger partial charge on any atom is 0.236 e. The molecule has 1 aromatic rings. The molecule has 116 valence electrons. The van der Waals surface area contributed by atoms with E-state index in [1.54, 1.807) is 19.0 Å². The molecule has 1 aliphatic rings. The van der Waals surface area contributed by atoms with Crippen molar-refractivity contribution < 1.29 is 14.3 Å². The number of carbonyl (C=O) groups is 1. The summed E-state index contributed by atoms with van der Waals surface area (Å²) in [5, 5.41) is 3.16. The molecule has 0 bridgehead atoms. The van der Waals surface area contributed by atoms with E-state index in [-0.39, 0.29) is 12.0 Å². The molecule has 0 radical (unpaired) electrons. The van der Waals surface area contributed by atoms with E-state index in [0.29, 0.717) is 19.7 Å². The molecule has 5 nitrogen and oxygen atoms in total. The van der Waals surface area contributed by atoms with Gasteiger partial charge >= 0.3 is 0 Å². The summed E-state index contributed by atoms with van der Waals surface area (Å²) in [5.74, 6) is 1.86. The molecule has 1 unspecified atom stereocenters. The number of likely N-dealkylation sites (N-methyl/N-ethyl adjacent to an activating group) is 1. The number of hydrogen-bond acceptors (Lipinski definition) is 4. The predicted molar refractivity (Wildman–Crippen MR) is 81.8 cm³/mol. The van der Waals surface area contributed by atoms with Gasteiger partial charge < -0.3 is 19.7 Å². The lowest BCUT2D eigenvalue weighted by Gasteiger charge is -2.14. The van der Waals surface area contributed by atoms with E-state index in [0.717, 1.165) is 23.5 Å². The van der Waals surface area contributed by atoms with Crippen molar-refractivity contribution in [2.45, 2.75) is 32.9 Å². The molecule has 0 aromatic heterocycles. The monoisotopic (exact) mass is 292 g/mol. The van der Waals surface area contributed by atoms with Crippen molar-refractivity contribution in [3.8, 4) is 11.5 Å². The predicted octanol–water partition coefficient (Wildman–Crippen LogP) is 1.59. The Bertz CT molecular complexity index is 514. The SMILES string of the molecule is CCOc1cc2c(cc1CNCC(=O)N(C)C)OC(C)C2. The molecule has 21 heavy (non-hydrogen) atoms. The summed E-state index contributed by atoms with van der Waals surface area (Å²) in [5.41, 5.74) is 2.22. The Morgan fingerprint density at radius 3 is 2.90 bits per heavy atom. The van der Waals surface area contributed by atoms with Crippen molar-refractivity contribution in [3.05, 3.63) is 23.3 Å². The highest BCUT2D eigenvalue weighted by molar-refractivity contribution is 5.77. The first kappa shape index (κ1) is 15.6. The van der Waals surface area contributed by atoms with Gasteiger partial charge in [0.1, 0.15) is 17.6 Å². The van der Waals surface area contributed by atoms with Crippen molar-refractivity contribution in [3.63, 3.8) is 0 Å². The number of benzene rings is 1. The van der Waals surface area contributed by atoms with Crippen molar-refractivity contribution in [1.82, 2.24) is 10.2 Å². The standard InChI is InChI=1S/C16H24N2O3/c1-5-20-14-7-12-6-11(2)21-15(12)8-13(14)9-17-10-16(19)18(3)4/h7-8,11,17H,5-6,9-10H2,1-4H3. The van der Waals surface area contributed by atoms with Gasteiger partial charge in [0, 0.05) is 38.2 Å². The van der Waals surface area contributed by atoms with Crippen LogP contribution in [0.4, 0.5) is 0 Å². The van der Waals surface area contributed by atoms with E-state index in [2.05, 4.69) is 18.3 Å². The minimum Gasteiger partial charge on any atom is -0.494 e. The average Bonchev–Trinajstić information content (AvgIpc) is 2.78. The number of fused-ring (bicyclic) bond motifs is 1. The second-order valence-corrected chi connectivity index (χ2v) is 5.52. The largest absolute Gasteiger partial charge is 0.494 e. The van der Waals surface area contributed by atoms with Gasteiger partial charge in [0.15, 0.2) is 0 Å².